The summed E-state index contributed by atoms with van der Waals surface area (Å²) in [5.41, 5.74) is 0.330. The van der Waals surface area contributed by atoms with Crippen molar-refractivity contribution >= 4 is 15.9 Å². The van der Waals surface area contributed by atoms with Crippen LogP contribution in [0.2, 0.25) is 0 Å². The fourth-order valence-electron chi connectivity index (χ4n) is 3.25. The molecule has 26 heavy (non-hydrogen) atoms. The van der Waals surface area contributed by atoms with Crippen LogP contribution in [0.15, 0.2) is 53.0 Å². The number of hydrogen-bond acceptors (Lipinski definition) is 2. The molecule has 1 fully saturated rings. The van der Waals surface area contributed by atoms with Crippen LogP contribution in [0.5, 0.6) is 5.75 Å². The van der Waals surface area contributed by atoms with Gasteiger partial charge in [-0.25, -0.2) is 0 Å². The van der Waals surface area contributed by atoms with E-state index in [-0.39, 0.29) is 6.10 Å². The first-order valence-corrected chi connectivity index (χ1v) is 9.54. The average molecular weight is 428 g/mol. The van der Waals surface area contributed by atoms with Gasteiger partial charge in [0.2, 0.25) is 0 Å². The zero-order chi connectivity index (χ0) is 18.6. The van der Waals surface area contributed by atoms with Crippen molar-refractivity contribution in [3.05, 3.63) is 64.1 Å². The fourth-order valence-corrected chi connectivity index (χ4v) is 3.79. The van der Waals surface area contributed by atoms with E-state index in [0.717, 1.165) is 41.6 Å². The van der Waals surface area contributed by atoms with Gasteiger partial charge in [-0.05, 0) is 49.7 Å². The van der Waals surface area contributed by atoms with E-state index in [1.165, 1.54) is 25.0 Å². The third-order valence-electron chi connectivity index (χ3n) is 4.62. The van der Waals surface area contributed by atoms with Crippen LogP contribution in [0.25, 0.3) is 0 Å². The molecule has 1 aliphatic rings. The molecule has 0 bridgehead atoms. The minimum Gasteiger partial charge on any atom is -0.486 e. The SMILES string of the molecule is FC(F)(F)c1ccc(O[C@@H](C[C@@H]2CCCCN2)c2ccccc2Br)cc1. The van der Waals surface area contributed by atoms with Crippen LogP contribution < -0.4 is 10.1 Å². The summed E-state index contributed by atoms with van der Waals surface area (Å²) in [6.45, 7) is 0.994. The lowest BCUT2D eigenvalue weighted by atomic mass is 9.95. The summed E-state index contributed by atoms with van der Waals surface area (Å²) in [4.78, 5) is 0. The Kier molecular flexibility index (Phi) is 6.24. The largest absolute Gasteiger partial charge is 0.486 e. The maximum atomic E-state index is 12.8. The molecule has 1 saturated heterocycles. The van der Waals surface area contributed by atoms with Gasteiger partial charge in [0.1, 0.15) is 11.9 Å². The molecule has 3 rings (SSSR count). The minimum absolute atomic E-state index is 0.238. The van der Waals surface area contributed by atoms with Gasteiger partial charge in [0, 0.05) is 22.5 Å². The van der Waals surface area contributed by atoms with Gasteiger partial charge in [0.25, 0.3) is 0 Å². The number of rotatable bonds is 5. The molecule has 1 heterocycles. The third-order valence-corrected chi connectivity index (χ3v) is 5.35. The molecule has 0 radical (unpaired) electrons. The number of benzene rings is 2. The summed E-state index contributed by atoms with van der Waals surface area (Å²) in [5.74, 6) is 0.439. The predicted octanol–water partition coefficient (Wildman–Crippen LogP) is 6.12. The van der Waals surface area contributed by atoms with E-state index in [0.29, 0.717) is 11.8 Å². The van der Waals surface area contributed by atoms with E-state index >= 15 is 0 Å². The fraction of sp³-hybridized carbons (Fsp3) is 0.400. The highest BCUT2D eigenvalue weighted by atomic mass is 79.9. The molecule has 0 spiro atoms. The standard InChI is InChI=1S/C20H21BrF3NO/c21-18-7-2-1-6-17(18)19(13-15-5-3-4-12-25-15)26-16-10-8-14(9-11-16)20(22,23)24/h1-2,6-11,15,19,25H,3-5,12-13H2/t15-,19-/m0/s1. The third kappa shape index (κ3) is 5.01. The van der Waals surface area contributed by atoms with Crippen LogP contribution in [0.3, 0.4) is 0 Å². The predicted molar refractivity (Wildman–Crippen MR) is 99.2 cm³/mol. The summed E-state index contributed by atoms with van der Waals surface area (Å²) in [6, 6.07) is 13.1. The van der Waals surface area contributed by atoms with Crippen molar-refractivity contribution in [2.75, 3.05) is 6.54 Å². The first kappa shape index (κ1) is 19.2. The first-order valence-electron chi connectivity index (χ1n) is 8.75. The Bertz CT molecular complexity index is 712. The van der Waals surface area contributed by atoms with Crippen LogP contribution in [0.1, 0.15) is 42.9 Å². The van der Waals surface area contributed by atoms with Gasteiger partial charge in [-0.3, -0.25) is 0 Å². The number of ether oxygens (including phenoxy) is 1. The second-order valence-corrected chi connectivity index (χ2v) is 7.39. The van der Waals surface area contributed by atoms with E-state index in [1.54, 1.807) is 0 Å². The maximum Gasteiger partial charge on any atom is 0.416 e. The summed E-state index contributed by atoms with van der Waals surface area (Å²) in [5, 5.41) is 3.51. The van der Waals surface area contributed by atoms with E-state index in [4.69, 9.17) is 4.74 Å². The van der Waals surface area contributed by atoms with E-state index in [1.807, 2.05) is 24.3 Å². The molecule has 140 valence electrons. The maximum absolute atomic E-state index is 12.8. The highest BCUT2D eigenvalue weighted by Crippen LogP contribution is 2.34. The van der Waals surface area contributed by atoms with Crippen LogP contribution in [-0.2, 0) is 6.18 Å². The van der Waals surface area contributed by atoms with Crippen molar-refractivity contribution in [1.29, 1.82) is 0 Å². The second-order valence-electron chi connectivity index (χ2n) is 6.53. The molecule has 1 N–H and O–H groups in total. The van der Waals surface area contributed by atoms with Crippen LogP contribution in [0.4, 0.5) is 13.2 Å². The highest BCUT2D eigenvalue weighted by molar-refractivity contribution is 9.10. The van der Waals surface area contributed by atoms with Crippen molar-refractivity contribution < 1.29 is 17.9 Å². The van der Waals surface area contributed by atoms with Gasteiger partial charge >= 0.3 is 6.18 Å². The van der Waals surface area contributed by atoms with Gasteiger partial charge < -0.3 is 10.1 Å². The molecular weight excluding hydrogens is 407 g/mol. The number of alkyl halides is 3. The topological polar surface area (TPSA) is 21.3 Å². The molecule has 2 aromatic carbocycles. The van der Waals surface area contributed by atoms with Crippen molar-refractivity contribution in [3.8, 4) is 5.75 Å². The minimum atomic E-state index is -4.34. The number of hydrogen-bond donors (Lipinski definition) is 1. The van der Waals surface area contributed by atoms with E-state index < -0.39 is 11.7 Å². The van der Waals surface area contributed by atoms with Crippen LogP contribution in [0, 0.1) is 0 Å². The number of nitrogens with one attached hydrogen (secondary N) is 1. The Hall–Kier alpha value is -1.53. The summed E-state index contributed by atoms with van der Waals surface area (Å²) >= 11 is 3.56. The lowest BCUT2D eigenvalue weighted by molar-refractivity contribution is -0.137. The van der Waals surface area contributed by atoms with Crippen LogP contribution >= 0.6 is 15.9 Å². The lowest BCUT2D eigenvalue weighted by Crippen LogP contribution is -2.36. The summed E-state index contributed by atoms with van der Waals surface area (Å²) in [7, 11) is 0. The molecule has 1 aliphatic heterocycles. The Morgan fingerprint density at radius 3 is 2.42 bits per heavy atom. The van der Waals surface area contributed by atoms with Crippen molar-refractivity contribution in [2.24, 2.45) is 0 Å². The zero-order valence-electron chi connectivity index (χ0n) is 14.2. The van der Waals surface area contributed by atoms with E-state index in [9.17, 15) is 13.2 Å². The van der Waals surface area contributed by atoms with Gasteiger partial charge in [0.15, 0.2) is 0 Å². The molecule has 0 amide bonds. The van der Waals surface area contributed by atoms with Crippen LogP contribution in [-0.4, -0.2) is 12.6 Å². The molecule has 6 heteroatoms. The molecule has 2 nitrogen and oxygen atoms in total. The quantitative estimate of drug-likeness (QED) is 0.620. The molecule has 0 aliphatic carbocycles. The highest BCUT2D eigenvalue weighted by Gasteiger charge is 2.30. The Labute approximate surface area is 159 Å². The molecule has 0 unspecified atom stereocenters. The average Bonchev–Trinajstić information content (AvgIpc) is 2.62. The number of piperidine rings is 1. The molecule has 2 aromatic rings. The van der Waals surface area contributed by atoms with Crippen molar-refractivity contribution in [2.45, 2.75) is 44.0 Å². The normalized spacial score (nSPS) is 19.2. The zero-order valence-corrected chi connectivity index (χ0v) is 15.8. The number of halogens is 4. The van der Waals surface area contributed by atoms with Gasteiger partial charge in [-0.1, -0.05) is 40.5 Å². The monoisotopic (exact) mass is 427 g/mol. The second kappa shape index (κ2) is 8.44. The summed E-state index contributed by atoms with van der Waals surface area (Å²) < 4.78 is 45.3. The van der Waals surface area contributed by atoms with Gasteiger partial charge in [-0.15, -0.1) is 0 Å². The molecule has 2 atom stereocenters. The van der Waals surface area contributed by atoms with E-state index in [2.05, 4.69) is 21.2 Å². The first-order chi connectivity index (χ1) is 12.4. The van der Waals surface area contributed by atoms with Crippen molar-refractivity contribution in [1.82, 2.24) is 5.32 Å². The van der Waals surface area contributed by atoms with Crippen molar-refractivity contribution in [3.63, 3.8) is 0 Å². The molecular formula is C20H21BrF3NO. The Morgan fingerprint density at radius 1 is 1.08 bits per heavy atom. The van der Waals surface area contributed by atoms with Gasteiger partial charge in [-0.2, -0.15) is 13.2 Å². The molecule has 0 aromatic heterocycles. The van der Waals surface area contributed by atoms with Gasteiger partial charge in [0.05, 0.1) is 5.56 Å². The Morgan fingerprint density at radius 2 is 1.81 bits per heavy atom. The summed E-state index contributed by atoms with van der Waals surface area (Å²) in [6.07, 6.45) is -0.373. The lowest BCUT2D eigenvalue weighted by Gasteiger charge is -2.29. The smallest absolute Gasteiger partial charge is 0.416 e. The Balaban J connectivity index is 1.80. The molecule has 0 saturated carbocycles.